The van der Waals surface area contributed by atoms with E-state index in [2.05, 4.69) is 18.7 Å². The number of hydrogen-bond donors (Lipinski definition) is 1. The van der Waals surface area contributed by atoms with Crippen molar-refractivity contribution in [3.63, 3.8) is 0 Å². The molecule has 1 fully saturated rings. The van der Waals surface area contributed by atoms with Crippen LogP contribution >= 0.6 is 0 Å². The number of amides is 2. The molecule has 6 nitrogen and oxygen atoms in total. The smallest absolute Gasteiger partial charge is 0.323 e. The second kappa shape index (κ2) is 7.11. The first-order valence-corrected chi connectivity index (χ1v) is 7.73. The largest absolute Gasteiger partial charge is 0.480 e. The fraction of sp³-hybridized carbons (Fsp3) is 0.867. The zero-order valence-electron chi connectivity index (χ0n) is 13.9. The van der Waals surface area contributed by atoms with Gasteiger partial charge in [0.25, 0.3) is 0 Å². The number of rotatable bonds is 5. The Labute approximate surface area is 127 Å². The van der Waals surface area contributed by atoms with Crippen LogP contribution in [0.5, 0.6) is 0 Å². The predicted molar refractivity (Wildman–Crippen MR) is 82.4 cm³/mol. The minimum absolute atomic E-state index is 0.167. The maximum Gasteiger partial charge on any atom is 0.323 e. The van der Waals surface area contributed by atoms with E-state index in [4.69, 9.17) is 5.11 Å². The second-order valence-electron chi connectivity index (χ2n) is 6.54. The van der Waals surface area contributed by atoms with Gasteiger partial charge in [0.2, 0.25) is 0 Å². The van der Waals surface area contributed by atoms with Crippen molar-refractivity contribution in [2.24, 2.45) is 0 Å². The molecule has 0 saturated carbocycles. The second-order valence-corrected chi connectivity index (χ2v) is 6.54. The summed E-state index contributed by atoms with van der Waals surface area (Å²) in [6.07, 6.45) is 0.957. The van der Waals surface area contributed by atoms with Crippen molar-refractivity contribution in [2.45, 2.75) is 52.6 Å². The van der Waals surface area contributed by atoms with Crippen molar-refractivity contribution in [3.05, 3.63) is 0 Å². The molecule has 1 atom stereocenters. The fourth-order valence-corrected chi connectivity index (χ4v) is 2.85. The first-order chi connectivity index (χ1) is 9.70. The van der Waals surface area contributed by atoms with Crippen LogP contribution in [0.2, 0.25) is 0 Å². The molecule has 0 aliphatic carbocycles. The van der Waals surface area contributed by atoms with Gasteiger partial charge in [-0.15, -0.1) is 0 Å². The van der Waals surface area contributed by atoms with Crippen LogP contribution in [0.4, 0.5) is 4.79 Å². The van der Waals surface area contributed by atoms with E-state index in [1.54, 1.807) is 4.90 Å². The van der Waals surface area contributed by atoms with Crippen LogP contribution in [0.15, 0.2) is 0 Å². The Bertz CT molecular complexity index is 375. The third kappa shape index (κ3) is 4.59. The molecule has 21 heavy (non-hydrogen) atoms. The van der Waals surface area contributed by atoms with Gasteiger partial charge < -0.3 is 14.9 Å². The van der Waals surface area contributed by atoms with Crippen molar-refractivity contribution < 1.29 is 14.7 Å². The molecule has 1 unspecified atom stereocenters. The Morgan fingerprint density at radius 3 is 2.24 bits per heavy atom. The molecule has 1 heterocycles. The number of likely N-dealkylation sites (N-methyl/N-ethyl adjacent to an activating group) is 1. The van der Waals surface area contributed by atoms with Crippen LogP contribution in [0.3, 0.4) is 0 Å². The molecule has 1 N–H and O–H groups in total. The first kappa shape index (κ1) is 17.8. The Balaban J connectivity index is 2.75. The van der Waals surface area contributed by atoms with Crippen LogP contribution in [0, 0.1) is 0 Å². The lowest BCUT2D eigenvalue weighted by molar-refractivity contribution is -0.138. The predicted octanol–water partition coefficient (Wildman–Crippen LogP) is 1.71. The van der Waals surface area contributed by atoms with Crippen LogP contribution < -0.4 is 0 Å². The van der Waals surface area contributed by atoms with Crippen LogP contribution in [0.1, 0.15) is 41.0 Å². The molecule has 0 bridgehead atoms. The standard InChI is InChI=1S/C15H29N3O3/c1-6-16(7-2)12-8-9-17(10-12)14(21)18(11-13(19)20)15(3,4)5/h12H,6-11H2,1-5H3,(H,19,20). The quantitative estimate of drug-likeness (QED) is 0.839. The van der Waals surface area contributed by atoms with Gasteiger partial charge in [0.05, 0.1) is 0 Å². The van der Waals surface area contributed by atoms with E-state index in [-0.39, 0.29) is 12.6 Å². The number of carbonyl (C=O) groups is 2. The molecule has 1 aliphatic heterocycles. The summed E-state index contributed by atoms with van der Waals surface area (Å²) in [6.45, 7) is 12.9. The lowest BCUT2D eigenvalue weighted by Crippen LogP contribution is -2.53. The monoisotopic (exact) mass is 299 g/mol. The van der Waals surface area contributed by atoms with Gasteiger partial charge in [0, 0.05) is 24.7 Å². The highest BCUT2D eigenvalue weighted by molar-refractivity contribution is 5.81. The number of urea groups is 1. The van der Waals surface area contributed by atoms with Gasteiger partial charge in [-0.1, -0.05) is 13.8 Å². The highest BCUT2D eigenvalue weighted by Gasteiger charge is 2.36. The van der Waals surface area contributed by atoms with Crippen molar-refractivity contribution in [2.75, 3.05) is 32.7 Å². The molecule has 6 heteroatoms. The summed E-state index contributed by atoms with van der Waals surface area (Å²) in [7, 11) is 0. The van der Waals surface area contributed by atoms with E-state index < -0.39 is 11.5 Å². The van der Waals surface area contributed by atoms with Gasteiger partial charge in [0.15, 0.2) is 0 Å². The summed E-state index contributed by atoms with van der Waals surface area (Å²) in [6, 6.07) is 0.218. The average Bonchev–Trinajstić information content (AvgIpc) is 2.85. The van der Waals surface area contributed by atoms with E-state index in [1.807, 2.05) is 20.8 Å². The molecule has 1 saturated heterocycles. The van der Waals surface area contributed by atoms with Crippen molar-refractivity contribution in [1.29, 1.82) is 0 Å². The maximum atomic E-state index is 12.6. The number of carboxylic acids is 1. The van der Waals surface area contributed by atoms with Gasteiger partial charge in [0.1, 0.15) is 6.54 Å². The van der Waals surface area contributed by atoms with Gasteiger partial charge in [-0.3, -0.25) is 9.69 Å². The molecule has 2 amide bonds. The van der Waals surface area contributed by atoms with Gasteiger partial charge >= 0.3 is 12.0 Å². The first-order valence-electron chi connectivity index (χ1n) is 7.73. The Hall–Kier alpha value is -1.30. The average molecular weight is 299 g/mol. The third-order valence-electron chi connectivity index (χ3n) is 4.10. The Kier molecular flexibility index (Phi) is 6.01. The summed E-state index contributed by atoms with van der Waals surface area (Å²) in [5.41, 5.74) is -0.497. The van der Waals surface area contributed by atoms with E-state index in [0.29, 0.717) is 19.1 Å². The lowest BCUT2D eigenvalue weighted by Gasteiger charge is -2.37. The molecule has 0 aromatic heterocycles. The minimum atomic E-state index is -0.974. The Morgan fingerprint density at radius 2 is 1.81 bits per heavy atom. The Morgan fingerprint density at radius 1 is 1.24 bits per heavy atom. The van der Waals surface area contributed by atoms with E-state index in [1.165, 1.54) is 4.90 Å². The molecule has 122 valence electrons. The van der Waals surface area contributed by atoms with E-state index >= 15 is 0 Å². The lowest BCUT2D eigenvalue weighted by atomic mass is 10.1. The number of hydrogen-bond acceptors (Lipinski definition) is 3. The van der Waals surface area contributed by atoms with Gasteiger partial charge in [-0.25, -0.2) is 4.79 Å². The van der Waals surface area contributed by atoms with Crippen LogP contribution in [0.25, 0.3) is 0 Å². The zero-order chi connectivity index (χ0) is 16.2. The van der Waals surface area contributed by atoms with Gasteiger partial charge in [-0.05, 0) is 40.3 Å². The van der Waals surface area contributed by atoms with E-state index in [9.17, 15) is 9.59 Å². The number of carbonyl (C=O) groups excluding carboxylic acids is 1. The number of aliphatic carboxylic acids is 1. The molecular formula is C15H29N3O3. The van der Waals surface area contributed by atoms with Crippen LogP contribution in [-0.4, -0.2) is 76.1 Å². The highest BCUT2D eigenvalue weighted by atomic mass is 16.4. The number of carboxylic acid groups (broad SMARTS) is 1. The molecule has 0 aromatic rings. The molecular weight excluding hydrogens is 270 g/mol. The van der Waals surface area contributed by atoms with Crippen molar-refractivity contribution in [1.82, 2.24) is 14.7 Å². The molecule has 0 radical (unpaired) electrons. The topological polar surface area (TPSA) is 64.1 Å². The molecule has 0 spiro atoms. The minimum Gasteiger partial charge on any atom is -0.480 e. The van der Waals surface area contributed by atoms with Crippen LogP contribution in [-0.2, 0) is 4.79 Å². The molecule has 1 aliphatic rings. The molecule has 1 rings (SSSR count). The summed E-state index contributed by atoms with van der Waals surface area (Å²) in [5, 5.41) is 9.03. The maximum absolute atomic E-state index is 12.6. The summed E-state index contributed by atoms with van der Waals surface area (Å²) in [4.78, 5) is 29.2. The number of likely N-dealkylation sites (tertiary alicyclic amines) is 1. The zero-order valence-corrected chi connectivity index (χ0v) is 13.9. The SMILES string of the molecule is CCN(CC)C1CCN(C(=O)N(CC(=O)O)C(C)(C)C)C1. The van der Waals surface area contributed by atoms with E-state index in [0.717, 1.165) is 19.5 Å². The van der Waals surface area contributed by atoms with Crippen molar-refractivity contribution in [3.8, 4) is 0 Å². The summed E-state index contributed by atoms with van der Waals surface area (Å²) >= 11 is 0. The third-order valence-corrected chi connectivity index (χ3v) is 4.10. The normalized spacial score (nSPS) is 19.1. The summed E-state index contributed by atoms with van der Waals surface area (Å²) < 4.78 is 0. The van der Waals surface area contributed by atoms with Gasteiger partial charge in [-0.2, -0.15) is 0 Å². The van der Waals surface area contributed by atoms with Crippen molar-refractivity contribution >= 4 is 12.0 Å². The fourth-order valence-electron chi connectivity index (χ4n) is 2.85. The number of nitrogens with zero attached hydrogens (tertiary/aromatic N) is 3. The molecule has 0 aromatic carbocycles. The summed E-state index contributed by atoms with van der Waals surface area (Å²) in [5.74, 6) is -0.974. The highest BCUT2D eigenvalue weighted by Crippen LogP contribution is 2.21.